The number of hydrogen-bond donors (Lipinski definition) is 0. The van der Waals surface area contributed by atoms with E-state index in [0.717, 1.165) is 42.4 Å². The van der Waals surface area contributed by atoms with Crippen LogP contribution in [0, 0.1) is 10.1 Å². The maximum atomic E-state index is 14.2. The monoisotopic (exact) mass is 538 g/mol. The zero-order valence-electron chi connectivity index (χ0n) is 21.1. The number of nitro groups is 1. The lowest BCUT2D eigenvalue weighted by Gasteiger charge is -2.30. The summed E-state index contributed by atoms with van der Waals surface area (Å²) in [5.41, 5.74) is 2.47. The second-order valence-electron chi connectivity index (χ2n) is 9.63. The van der Waals surface area contributed by atoms with E-state index >= 15 is 0 Å². The molecule has 1 aliphatic rings. The number of nitrogens with zero attached hydrogens (tertiary/aromatic N) is 4. The highest BCUT2D eigenvalue weighted by Crippen LogP contribution is 2.39. The van der Waals surface area contributed by atoms with E-state index in [0.29, 0.717) is 22.3 Å². The fraction of sp³-hybridized carbons (Fsp3) is 0.167. The van der Waals surface area contributed by atoms with Crippen LogP contribution < -0.4 is 9.21 Å². The molecule has 0 aliphatic carbocycles. The van der Waals surface area contributed by atoms with Crippen molar-refractivity contribution in [2.45, 2.75) is 24.2 Å². The molecule has 0 atom stereocenters. The van der Waals surface area contributed by atoms with Gasteiger partial charge >= 0.3 is 0 Å². The Hall–Kier alpha value is -4.50. The first-order valence-electron chi connectivity index (χ1n) is 12.8. The van der Waals surface area contributed by atoms with Crippen molar-refractivity contribution in [2.75, 3.05) is 22.3 Å². The van der Waals surface area contributed by atoms with Gasteiger partial charge in [0.15, 0.2) is 0 Å². The molecule has 5 aromatic rings. The second kappa shape index (κ2) is 9.99. The Morgan fingerprint density at radius 2 is 1.49 bits per heavy atom. The molecule has 196 valence electrons. The zero-order valence-corrected chi connectivity index (χ0v) is 21.9. The minimum absolute atomic E-state index is 0.0426. The molecule has 0 N–H and O–H groups in total. The topological polar surface area (TPSA) is 96.6 Å². The Balaban J connectivity index is 1.53. The summed E-state index contributed by atoms with van der Waals surface area (Å²) >= 11 is 0. The number of non-ortho nitro benzene ring substituents is 1. The number of nitro benzene ring substituents is 1. The van der Waals surface area contributed by atoms with Gasteiger partial charge in [-0.05, 0) is 84.6 Å². The van der Waals surface area contributed by atoms with E-state index in [1.54, 1.807) is 12.3 Å². The van der Waals surface area contributed by atoms with E-state index in [1.165, 1.54) is 35.0 Å². The Bertz CT molecular complexity index is 1780. The molecular weight excluding hydrogens is 512 g/mol. The second-order valence-corrected chi connectivity index (χ2v) is 11.4. The smallest absolute Gasteiger partial charge is 0.269 e. The van der Waals surface area contributed by atoms with Gasteiger partial charge in [0.05, 0.1) is 26.7 Å². The molecule has 1 aromatic heterocycles. The standard InChI is InChI=1S/C30H26N4O4S/c35-34(36)26-12-14-27(15-13-26)39(37,38)33(25-10-8-24(9-11-25)32-18-4-1-5-19-32)30-16-17-31-29-21-23-7-3-2-6-22(23)20-28(29)30/h2-3,6-17,20-21H,1,4-5,18-19H2. The van der Waals surface area contributed by atoms with Gasteiger partial charge in [-0.25, -0.2) is 12.7 Å². The van der Waals surface area contributed by atoms with Gasteiger partial charge in [-0.2, -0.15) is 0 Å². The van der Waals surface area contributed by atoms with Crippen molar-refractivity contribution in [3.8, 4) is 0 Å². The van der Waals surface area contributed by atoms with Crippen LogP contribution in [0.2, 0.25) is 0 Å². The van der Waals surface area contributed by atoms with Crippen molar-refractivity contribution in [1.82, 2.24) is 4.98 Å². The average Bonchev–Trinajstić information content (AvgIpc) is 2.97. The summed E-state index contributed by atoms with van der Waals surface area (Å²) in [5, 5.41) is 13.8. The van der Waals surface area contributed by atoms with Crippen molar-refractivity contribution in [2.24, 2.45) is 0 Å². The molecule has 0 amide bonds. The first kappa shape index (κ1) is 24.8. The van der Waals surface area contributed by atoms with Crippen LogP contribution in [-0.2, 0) is 10.0 Å². The van der Waals surface area contributed by atoms with Gasteiger partial charge < -0.3 is 4.90 Å². The van der Waals surface area contributed by atoms with Crippen LogP contribution in [0.4, 0.5) is 22.7 Å². The summed E-state index contributed by atoms with van der Waals surface area (Å²) < 4.78 is 29.8. The summed E-state index contributed by atoms with van der Waals surface area (Å²) in [5.74, 6) is 0. The molecule has 0 unspecified atom stereocenters. The molecule has 0 saturated carbocycles. The van der Waals surface area contributed by atoms with Crippen molar-refractivity contribution in [3.05, 3.63) is 107 Å². The van der Waals surface area contributed by atoms with Crippen LogP contribution in [0.3, 0.4) is 0 Å². The normalized spacial score (nSPS) is 14.0. The van der Waals surface area contributed by atoms with Gasteiger partial charge in [-0.1, -0.05) is 24.3 Å². The molecule has 2 heterocycles. The fourth-order valence-electron chi connectivity index (χ4n) is 5.20. The molecule has 1 saturated heterocycles. The number of sulfonamides is 1. The van der Waals surface area contributed by atoms with E-state index in [-0.39, 0.29) is 10.6 Å². The molecule has 4 aromatic carbocycles. The third kappa shape index (κ3) is 4.66. The van der Waals surface area contributed by atoms with Crippen LogP contribution in [0.5, 0.6) is 0 Å². The summed E-state index contributed by atoms with van der Waals surface area (Å²) in [6.07, 6.45) is 5.10. The number of anilines is 3. The minimum atomic E-state index is -4.16. The van der Waals surface area contributed by atoms with Crippen molar-refractivity contribution in [3.63, 3.8) is 0 Å². The number of pyridine rings is 1. The molecule has 0 spiro atoms. The summed E-state index contributed by atoms with van der Waals surface area (Å²) in [6, 6.07) is 26.0. The third-order valence-corrected chi connectivity index (χ3v) is 8.95. The van der Waals surface area contributed by atoms with Crippen LogP contribution in [0.1, 0.15) is 19.3 Å². The first-order valence-corrected chi connectivity index (χ1v) is 14.3. The maximum Gasteiger partial charge on any atom is 0.269 e. The number of fused-ring (bicyclic) bond motifs is 2. The highest BCUT2D eigenvalue weighted by atomic mass is 32.2. The Kier molecular flexibility index (Phi) is 6.36. The third-order valence-electron chi connectivity index (χ3n) is 7.20. The summed E-state index contributed by atoms with van der Waals surface area (Å²) in [4.78, 5) is 17.4. The SMILES string of the molecule is O=[N+]([O-])c1ccc(S(=O)(=O)N(c2ccc(N3CCCCC3)cc2)c2ccnc3cc4ccccc4cc23)cc1. The molecule has 6 rings (SSSR count). The van der Waals surface area contributed by atoms with Crippen LogP contribution in [0.15, 0.2) is 102 Å². The number of rotatable bonds is 6. The van der Waals surface area contributed by atoms with Gasteiger partial charge in [0.2, 0.25) is 0 Å². The van der Waals surface area contributed by atoms with Gasteiger partial charge in [0, 0.05) is 42.5 Å². The Morgan fingerprint density at radius 3 is 2.15 bits per heavy atom. The first-order chi connectivity index (χ1) is 18.9. The lowest BCUT2D eigenvalue weighted by molar-refractivity contribution is -0.384. The Morgan fingerprint density at radius 1 is 0.821 bits per heavy atom. The fourth-order valence-corrected chi connectivity index (χ4v) is 6.71. The van der Waals surface area contributed by atoms with E-state index in [1.807, 2.05) is 60.7 Å². The quantitative estimate of drug-likeness (QED) is 0.134. The predicted octanol–water partition coefficient (Wildman–Crippen LogP) is 6.81. The van der Waals surface area contributed by atoms with Gasteiger partial charge in [0.25, 0.3) is 15.7 Å². The molecule has 1 aliphatic heterocycles. The van der Waals surface area contributed by atoms with Gasteiger partial charge in [0.1, 0.15) is 0 Å². The maximum absolute atomic E-state index is 14.2. The van der Waals surface area contributed by atoms with Crippen LogP contribution >= 0.6 is 0 Å². The zero-order chi connectivity index (χ0) is 27.0. The summed E-state index contributed by atoms with van der Waals surface area (Å²) in [7, 11) is -4.16. The van der Waals surface area contributed by atoms with E-state index < -0.39 is 14.9 Å². The highest BCUT2D eigenvalue weighted by molar-refractivity contribution is 7.93. The Labute approximate surface area is 226 Å². The van der Waals surface area contributed by atoms with Crippen molar-refractivity contribution >= 4 is 54.4 Å². The molecule has 39 heavy (non-hydrogen) atoms. The van der Waals surface area contributed by atoms with Crippen LogP contribution in [-0.4, -0.2) is 31.4 Å². The van der Waals surface area contributed by atoms with E-state index in [4.69, 9.17) is 0 Å². The van der Waals surface area contributed by atoms with E-state index in [9.17, 15) is 18.5 Å². The number of hydrogen-bond acceptors (Lipinski definition) is 6. The van der Waals surface area contributed by atoms with Crippen LogP contribution in [0.25, 0.3) is 21.7 Å². The number of aromatic nitrogens is 1. The summed E-state index contributed by atoms with van der Waals surface area (Å²) in [6.45, 7) is 1.96. The molecule has 0 bridgehead atoms. The van der Waals surface area contributed by atoms with E-state index in [2.05, 4.69) is 9.88 Å². The number of piperidine rings is 1. The molecular formula is C30H26N4O4S. The average molecular weight is 539 g/mol. The molecule has 8 nitrogen and oxygen atoms in total. The molecule has 9 heteroatoms. The molecule has 0 radical (unpaired) electrons. The minimum Gasteiger partial charge on any atom is -0.372 e. The van der Waals surface area contributed by atoms with Gasteiger partial charge in [-0.15, -0.1) is 0 Å². The predicted molar refractivity (Wildman–Crippen MR) is 154 cm³/mol. The largest absolute Gasteiger partial charge is 0.372 e. The number of benzene rings is 4. The lowest BCUT2D eigenvalue weighted by atomic mass is 10.1. The lowest BCUT2D eigenvalue weighted by Crippen LogP contribution is -2.29. The highest BCUT2D eigenvalue weighted by Gasteiger charge is 2.29. The van der Waals surface area contributed by atoms with Crippen molar-refractivity contribution < 1.29 is 13.3 Å². The van der Waals surface area contributed by atoms with Gasteiger partial charge in [-0.3, -0.25) is 15.1 Å². The molecule has 1 fully saturated rings. The van der Waals surface area contributed by atoms with Crippen molar-refractivity contribution in [1.29, 1.82) is 0 Å².